The van der Waals surface area contributed by atoms with Gasteiger partial charge in [0.1, 0.15) is 5.75 Å². The number of oxime groups is 1. The van der Waals surface area contributed by atoms with Crippen molar-refractivity contribution in [2.45, 2.75) is 26.2 Å². The number of hydrogen-bond acceptors (Lipinski definition) is 5. The first-order valence-electron chi connectivity index (χ1n) is 6.50. The summed E-state index contributed by atoms with van der Waals surface area (Å²) in [5.74, 6) is 0.720. The van der Waals surface area contributed by atoms with Gasteiger partial charge >= 0.3 is 0 Å². The van der Waals surface area contributed by atoms with E-state index >= 15 is 0 Å². The Labute approximate surface area is 123 Å². The molecule has 6 heteroatoms. The number of nitrogens with two attached hydrogens (primary N) is 1. The Morgan fingerprint density at radius 1 is 1.19 bits per heavy atom. The highest BCUT2D eigenvalue weighted by atomic mass is 16.5. The minimum Gasteiger partial charge on any atom is -0.437 e. The first-order chi connectivity index (χ1) is 9.91. The van der Waals surface area contributed by atoms with Gasteiger partial charge in [-0.3, -0.25) is 0 Å². The maximum Gasteiger partial charge on any atom is 0.250 e. The lowest BCUT2D eigenvalue weighted by atomic mass is 9.87. The van der Waals surface area contributed by atoms with E-state index in [1.165, 1.54) is 11.8 Å². The number of rotatable bonds is 3. The molecule has 1 aromatic carbocycles. The number of aromatic nitrogens is 2. The van der Waals surface area contributed by atoms with Crippen LogP contribution in [0.5, 0.6) is 11.6 Å². The molecule has 6 nitrogen and oxygen atoms in total. The minimum absolute atomic E-state index is 0.0736. The Balaban J connectivity index is 2.27. The maximum absolute atomic E-state index is 8.76. The summed E-state index contributed by atoms with van der Waals surface area (Å²) in [6.45, 7) is 6.42. The summed E-state index contributed by atoms with van der Waals surface area (Å²) < 4.78 is 5.65. The highest BCUT2D eigenvalue weighted by Crippen LogP contribution is 2.27. The molecule has 21 heavy (non-hydrogen) atoms. The molecule has 0 unspecified atom stereocenters. The Bertz CT molecular complexity index is 645. The number of ether oxygens (including phenoxy) is 1. The van der Waals surface area contributed by atoms with Crippen molar-refractivity contribution >= 4 is 5.84 Å². The van der Waals surface area contributed by atoms with Gasteiger partial charge in [-0.1, -0.05) is 38.1 Å². The van der Waals surface area contributed by atoms with Gasteiger partial charge in [-0.15, -0.1) is 5.10 Å². The summed E-state index contributed by atoms with van der Waals surface area (Å²) in [7, 11) is 0. The molecular weight excluding hydrogens is 268 g/mol. The third-order valence-electron chi connectivity index (χ3n) is 3.01. The summed E-state index contributed by atoms with van der Waals surface area (Å²) in [5.41, 5.74) is 7.24. The summed E-state index contributed by atoms with van der Waals surface area (Å²) in [5, 5.41) is 19.3. The number of nitrogens with zero attached hydrogens (tertiary/aromatic N) is 3. The van der Waals surface area contributed by atoms with Crippen LogP contribution in [0.4, 0.5) is 0 Å². The van der Waals surface area contributed by atoms with Crippen molar-refractivity contribution in [3.05, 3.63) is 47.7 Å². The molecule has 1 aromatic heterocycles. The summed E-state index contributed by atoms with van der Waals surface area (Å²) >= 11 is 0. The molecule has 0 amide bonds. The molecule has 0 bridgehead atoms. The second-order valence-electron chi connectivity index (χ2n) is 5.61. The van der Waals surface area contributed by atoms with Gasteiger partial charge in [0.25, 0.3) is 0 Å². The van der Waals surface area contributed by atoms with Crippen LogP contribution in [0.25, 0.3) is 0 Å². The second-order valence-corrected chi connectivity index (χ2v) is 5.61. The zero-order chi connectivity index (χ0) is 15.5. The highest BCUT2D eigenvalue weighted by molar-refractivity contribution is 5.98. The fourth-order valence-electron chi connectivity index (χ4n) is 1.78. The topological polar surface area (TPSA) is 93.6 Å². The average Bonchev–Trinajstić information content (AvgIpc) is 2.46. The molecule has 0 saturated heterocycles. The Morgan fingerprint density at radius 3 is 2.43 bits per heavy atom. The molecule has 0 fully saturated rings. The Morgan fingerprint density at radius 2 is 1.86 bits per heavy atom. The van der Waals surface area contributed by atoms with E-state index in [1.54, 1.807) is 6.07 Å². The molecule has 110 valence electrons. The van der Waals surface area contributed by atoms with Crippen LogP contribution in [-0.2, 0) is 5.41 Å². The molecule has 0 saturated carbocycles. The van der Waals surface area contributed by atoms with Gasteiger partial charge in [-0.2, -0.15) is 5.10 Å². The molecule has 0 aliphatic heterocycles. The van der Waals surface area contributed by atoms with Gasteiger partial charge in [0.2, 0.25) is 5.88 Å². The largest absolute Gasteiger partial charge is 0.437 e. The van der Waals surface area contributed by atoms with Crippen LogP contribution in [0.3, 0.4) is 0 Å². The fraction of sp³-hybridized carbons (Fsp3) is 0.267. The van der Waals surface area contributed by atoms with E-state index in [4.69, 9.17) is 15.7 Å². The van der Waals surface area contributed by atoms with E-state index in [0.717, 1.165) is 0 Å². The van der Waals surface area contributed by atoms with E-state index in [1.807, 2.05) is 24.3 Å². The van der Waals surface area contributed by atoms with Crippen molar-refractivity contribution in [2.24, 2.45) is 10.9 Å². The summed E-state index contributed by atoms with van der Waals surface area (Å²) in [6, 6.07) is 9.27. The molecule has 2 aromatic rings. The van der Waals surface area contributed by atoms with Gasteiger partial charge in [0, 0.05) is 0 Å². The lowest BCUT2D eigenvalue weighted by Gasteiger charge is -2.19. The van der Waals surface area contributed by atoms with Gasteiger partial charge in [-0.05, 0) is 29.2 Å². The third kappa shape index (κ3) is 3.47. The summed E-state index contributed by atoms with van der Waals surface area (Å²) in [4.78, 5) is 0. The Hall–Kier alpha value is -2.63. The minimum atomic E-state index is -0.0776. The number of benzene rings is 1. The first-order valence-corrected chi connectivity index (χ1v) is 6.50. The van der Waals surface area contributed by atoms with Crippen LogP contribution in [-0.4, -0.2) is 21.2 Å². The lowest BCUT2D eigenvalue weighted by molar-refractivity contribution is 0.318. The van der Waals surface area contributed by atoms with Gasteiger partial charge in [-0.25, -0.2) is 0 Å². The number of hydrogen-bond donors (Lipinski definition) is 2. The fourth-order valence-corrected chi connectivity index (χ4v) is 1.78. The maximum atomic E-state index is 8.76. The van der Waals surface area contributed by atoms with Crippen LogP contribution >= 0.6 is 0 Å². The first kappa shape index (κ1) is 14.8. The number of amidine groups is 1. The van der Waals surface area contributed by atoms with Crippen LogP contribution in [0, 0.1) is 0 Å². The SMILES string of the molecule is CC(C)(C)c1ccc(Oc2nnccc2/C(N)=N/O)cc1. The average molecular weight is 286 g/mol. The van der Waals surface area contributed by atoms with Gasteiger partial charge in [0.15, 0.2) is 5.84 Å². The van der Waals surface area contributed by atoms with Gasteiger partial charge < -0.3 is 15.7 Å². The van der Waals surface area contributed by atoms with Crippen LogP contribution in [0.1, 0.15) is 31.9 Å². The van der Waals surface area contributed by atoms with Crippen molar-refractivity contribution in [1.82, 2.24) is 10.2 Å². The van der Waals surface area contributed by atoms with E-state index in [0.29, 0.717) is 11.3 Å². The summed E-state index contributed by atoms with van der Waals surface area (Å²) in [6.07, 6.45) is 1.45. The van der Waals surface area contributed by atoms with Crippen LogP contribution < -0.4 is 10.5 Å². The molecule has 0 spiro atoms. The predicted molar refractivity (Wildman–Crippen MR) is 79.8 cm³/mol. The molecule has 0 aliphatic rings. The standard InChI is InChI=1S/C15H18N4O2/c1-15(2,3)10-4-6-11(7-5-10)21-14-12(13(16)19-20)8-9-17-18-14/h4-9,20H,1-3H3,(H2,16,19). The molecule has 0 aliphatic carbocycles. The zero-order valence-corrected chi connectivity index (χ0v) is 12.2. The van der Waals surface area contributed by atoms with E-state index in [9.17, 15) is 0 Å². The molecule has 3 N–H and O–H groups in total. The molecule has 1 heterocycles. The van der Waals surface area contributed by atoms with E-state index in [-0.39, 0.29) is 17.1 Å². The lowest BCUT2D eigenvalue weighted by Crippen LogP contribution is -2.15. The Kier molecular flexibility index (Phi) is 4.07. The van der Waals surface area contributed by atoms with Gasteiger partial charge in [0.05, 0.1) is 11.8 Å². The molecule has 2 rings (SSSR count). The third-order valence-corrected chi connectivity index (χ3v) is 3.01. The van der Waals surface area contributed by atoms with Crippen molar-refractivity contribution in [2.75, 3.05) is 0 Å². The molecule has 0 radical (unpaired) electrons. The van der Waals surface area contributed by atoms with E-state index < -0.39 is 0 Å². The molecular formula is C15H18N4O2. The monoisotopic (exact) mass is 286 g/mol. The normalized spacial score (nSPS) is 12.2. The van der Waals surface area contributed by atoms with E-state index in [2.05, 4.69) is 36.1 Å². The second kappa shape index (κ2) is 5.78. The van der Waals surface area contributed by atoms with Crippen LogP contribution in [0.15, 0.2) is 41.7 Å². The van der Waals surface area contributed by atoms with Crippen molar-refractivity contribution < 1.29 is 9.94 Å². The predicted octanol–water partition coefficient (Wildman–Crippen LogP) is 2.66. The quantitative estimate of drug-likeness (QED) is 0.391. The van der Waals surface area contributed by atoms with Crippen molar-refractivity contribution in [3.8, 4) is 11.6 Å². The smallest absolute Gasteiger partial charge is 0.250 e. The van der Waals surface area contributed by atoms with Crippen LogP contribution in [0.2, 0.25) is 0 Å². The van der Waals surface area contributed by atoms with Crippen molar-refractivity contribution in [1.29, 1.82) is 0 Å². The highest BCUT2D eigenvalue weighted by Gasteiger charge is 2.14. The van der Waals surface area contributed by atoms with Crippen molar-refractivity contribution in [3.63, 3.8) is 0 Å². The molecule has 0 atom stereocenters. The zero-order valence-electron chi connectivity index (χ0n) is 12.2.